The van der Waals surface area contributed by atoms with Crippen molar-refractivity contribution in [1.82, 2.24) is 9.80 Å². The standard InChI is InChI=1S/C13H24N2O4/c1-3-14(4-2)12(17)6-5-7-15-9-10(16)8-11(15)13(18)19/h10-11,16H,3-9H2,1-2H3,(H,18,19). The largest absolute Gasteiger partial charge is 0.480 e. The summed E-state index contributed by atoms with van der Waals surface area (Å²) < 4.78 is 0. The number of carboxylic acids is 1. The van der Waals surface area contributed by atoms with E-state index in [-0.39, 0.29) is 12.3 Å². The summed E-state index contributed by atoms with van der Waals surface area (Å²) in [7, 11) is 0. The van der Waals surface area contributed by atoms with E-state index in [0.29, 0.717) is 39.0 Å². The van der Waals surface area contributed by atoms with Gasteiger partial charge in [0.05, 0.1) is 6.10 Å². The Kier molecular flexibility index (Phi) is 6.24. The van der Waals surface area contributed by atoms with Gasteiger partial charge in [-0.05, 0) is 26.8 Å². The minimum absolute atomic E-state index is 0.108. The van der Waals surface area contributed by atoms with Crippen LogP contribution in [0.25, 0.3) is 0 Å². The third-order valence-corrected chi connectivity index (χ3v) is 3.62. The van der Waals surface area contributed by atoms with Crippen LogP contribution in [0.5, 0.6) is 0 Å². The molecule has 6 heteroatoms. The first-order valence-corrected chi connectivity index (χ1v) is 6.92. The third-order valence-electron chi connectivity index (χ3n) is 3.62. The fourth-order valence-corrected chi connectivity index (χ4v) is 2.55. The highest BCUT2D eigenvalue weighted by atomic mass is 16.4. The van der Waals surface area contributed by atoms with Crippen LogP contribution >= 0.6 is 0 Å². The first kappa shape index (κ1) is 15.9. The first-order valence-electron chi connectivity index (χ1n) is 6.92. The maximum atomic E-state index is 11.8. The highest BCUT2D eigenvalue weighted by molar-refractivity contribution is 5.76. The van der Waals surface area contributed by atoms with Gasteiger partial charge in [-0.15, -0.1) is 0 Å². The molecule has 6 nitrogen and oxygen atoms in total. The van der Waals surface area contributed by atoms with Crippen molar-refractivity contribution in [3.05, 3.63) is 0 Å². The molecular formula is C13H24N2O4. The summed E-state index contributed by atoms with van der Waals surface area (Å²) >= 11 is 0. The molecule has 1 saturated heterocycles. The Hall–Kier alpha value is -1.14. The van der Waals surface area contributed by atoms with Gasteiger partial charge >= 0.3 is 5.97 Å². The molecule has 1 rings (SSSR count). The van der Waals surface area contributed by atoms with Gasteiger partial charge < -0.3 is 15.1 Å². The van der Waals surface area contributed by atoms with Crippen LogP contribution in [0.2, 0.25) is 0 Å². The van der Waals surface area contributed by atoms with Gasteiger partial charge in [0.15, 0.2) is 0 Å². The van der Waals surface area contributed by atoms with E-state index in [1.165, 1.54) is 0 Å². The smallest absolute Gasteiger partial charge is 0.321 e. The average molecular weight is 272 g/mol. The van der Waals surface area contributed by atoms with Crippen molar-refractivity contribution in [2.45, 2.75) is 45.3 Å². The number of β-amino-alcohol motifs (C(OH)–C–C–N with tert-alkyl or cyclic N) is 1. The van der Waals surface area contributed by atoms with E-state index in [1.54, 1.807) is 9.80 Å². The molecule has 1 aliphatic rings. The fraction of sp³-hybridized carbons (Fsp3) is 0.846. The monoisotopic (exact) mass is 272 g/mol. The Balaban J connectivity index is 2.36. The van der Waals surface area contributed by atoms with E-state index in [2.05, 4.69) is 0 Å². The molecule has 2 atom stereocenters. The summed E-state index contributed by atoms with van der Waals surface area (Å²) in [5.41, 5.74) is 0. The number of carbonyl (C=O) groups is 2. The molecule has 0 aromatic rings. The average Bonchev–Trinajstić information content (AvgIpc) is 2.72. The molecular weight excluding hydrogens is 248 g/mol. The van der Waals surface area contributed by atoms with Crippen LogP contribution in [0.1, 0.15) is 33.1 Å². The van der Waals surface area contributed by atoms with Crippen molar-refractivity contribution in [2.75, 3.05) is 26.2 Å². The predicted octanol–water partition coefficient (Wildman–Crippen LogP) is 0.155. The lowest BCUT2D eigenvalue weighted by Crippen LogP contribution is -2.37. The van der Waals surface area contributed by atoms with Crippen LogP contribution in [0, 0.1) is 0 Å². The lowest BCUT2D eigenvalue weighted by molar-refractivity contribution is -0.142. The number of aliphatic carboxylic acids is 1. The summed E-state index contributed by atoms with van der Waals surface area (Å²) in [6, 6.07) is -0.612. The van der Waals surface area contributed by atoms with E-state index in [1.807, 2.05) is 13.8 Å². The van der Waals surface area contributed by atoms with Crippen LogP contribution in [0.15, 0.2) is 0 Å². The van der Waals surface area contributed by atoms with E-state index >= 15 is 0 Å². The molecule has 0 bridgehead atoms. The second-order valence-electron chi connectivity index (χ2n) is 4.91. The minimum Gasteiger partial charge on any atom is -0.480 e. The number of hydrogen-bond donors (Lipinski definition) is 2. The molecule has 110 valence electrons. The molecule has 2 N–H and O–H groups in total. The molecule has 19 heavy (non-hydrogen) atoms. The molecule has 1 fully saturated rings. The highest BCUT2D eigenvalue weighted by Crippen LogP contribution is 2.18. The van der Waals surface area contributed by atoms with Gasteiger partial charge in [-0.1, -0.05) is 0 Å². The molecule has 0 aromatic carbocycles. The second-order valence-corrected chi connectivity index (χ2v) is 4.91. The zero-order valence-electron chi connectivity index (χ0n) is 11.7. The van der Waals surface area contributed by atoms with Gasteiger partial charge in [0.1, 0.15) is 6.04 Å². The summed E-state index contributed by atoms with van der Waals surface area (Å²) in [5.74, 6) is -0.789. The van der Waals surface area contributed by atoms with Gasteiger partial charge in [0.2, 0.25) is 5.91 Å². The zero-order chi connectivity index (χ0) is 14.4. The summed E-state index contributed by atoms with van der Waals surface area (Å²) in [6.07, 6.45) is 0.769. The lowest BCUT2D eigenvalue weighted by atomic mass is 10.2. The molecule has 0 aromatic heterocycles. The van der Waals surface area contributed by atoms with Crippen LogP contribution in [0.3, 0.4) is 0 Å². The SMILES string of the molecule is CCN(CC)C(=O)CCCN1CC(O)CC1C(=O)O. The third kappa shape index (κ3) is 4.47. The molecule has 2 unspecified atom stereocenters. The quantitative estimate of drug-likeness (QED) is 0.690. The fourth-order valence-electron chi connectivity index (χ4n) is 2.55. The number of aliphatic hydroxyl groups excluding tert-OH is 1. The van der Waals surface area contributed by atoms with Crippen molar-refractivity contribution in [3.63, 3.8) is 0 Å². The van der Waals surface area contributed by atoms with Crippen LogP contribution in [-0.2, 0) is 9.59 Å². The summed E-state index contributed by atoms with van der Waals surface area (Å²) in [6.45, 7) is 6.22. The number of nitrogens with zero attached hydrogens (tertiary/aromatic N) is 2. The predicted molar refractivity (Wildman–Crippen MR) is 70.8 cm³/mol. The Morgan fingerprint density at radius 1 is 1.32 bits per heavy atom. The van der Waals surface area contributed by atoms with E-state index < -0.39 is 18.1 Å². The zero-order valence-corrected chi connectivity index (χ0v) is 11.7. The van der Waals surface area contributed by atoms with E-state index in [0.717, 1.165) is 0 Å². The number of likely N-dealkylation sites (tertiary alicyclic amines) is 1. The van der Waals surface area contributed by atoms with Gasteiger partial charge in [0, 0.05) is 32.5 Å². The Bertz CT molecular complexity index is 318. The highest BCUT2D eigenvalue weighted by Gasteiger charge is 2.35. The molecule has 0 spiro atoms. The van der Waals surface area contributed by atoms with Gasteiger partial charge in [0.25, 0.3) is 0 Å². The van der Waals surface area contributed by atoms with Crippen LogP contribution in [0.4, 0.5) is 0 Å². The van der Waals surface area contributed by atoms with Gasteiger partial charge in [-0.2, -0.15) is 0 Å². The second kappa shape index (κ2) is 7.45. The van der Waals surface area contributed by atoms with Crippen molar-refractivity contribution in [3.8, 4) is 0 Å². The molecule has 0 saturated carbocycles. The van der Waals surface area contributed by atoms with Crippen molar-refractivity contribution >= 4 is 11.9 Å². The van der Waals surface area contributed by atoms with E-state index in [9.17, 15) is 14.7 Å². The Morgan fingerprint density at radius 2 is 1.95 bits per heavy atom. The molecule has 0 aliphatic carbocycles. The first-order chi connectivity index (χ1) is 8.99. The number of rotatable bonds is 7. The van der Waals surface area contributed by atoms with Crippen molar-refractivity contribution in [1.29, 1.82) is 0 Å². The van der Waals surface area contributed by atoms with Crippen molar-refractivity contribution in [2.24, 2.45) is 0 Å². The summed E-state index contributed by atoms with van der Waals surface area (Å²) in [4.78, 5) is 26.4. The summed E-state index contributed by atoms with van der Waals surface area (Å²) in [5, 5.41) is 18.6. The van der Waals surface area contributed by atoms with Crippen LogP contribution < -0.4 is 0 Å². The molecule has 1 heterocycles. The molecule has 1 aliphatic heterocycles. The Labute approximate surface area is 114 Å². The lowest BCUT2D eigenvalue weighted by Gasteiger charge is -2.22. The number of amides is 1. The van der Waals surface area contributed by atoms with Gasteiger partial charge in [-0.3, -0.25) is 14.5 Å². The number of carboxylic acid groups (broad SMARTS) is 1. The molecule has 0 radical (unpaired) electrons. The maximum absolute atomic E-state index is 11.8. The number of aliphatic hydroxyl groups is 1. The van der Waals surface area contributed by atoms with E-state index in [4.69, 9.17) is 5.11 Å². The normalized spacial score (nSPS) is 23.5. The number of carbonyl (C=O) groups excluding carboxylic acids is 1. The minimum atomic E-state index is -0.897. The number of hydrogen-bond acceptors (Lipinski definition) is 4. The molecule has 1 amide bonds. The van der Waals surface area contributed by atoms with Crippen molar-refractivity contribution < 1.29 is 19.8 Å². The van der Waals surface area contributed by atoms with Gasteiger partial charge in [-0.25, -0.2) is 0 Å². The topological polar surface area (TPSA) is 81.1 Å². The van der Waals surface area contributed by atoms with Crippen LogP contribution in [-0.4, -0.2) is 70.2 Å². The Morgan fingerprint density at radius 3 is 2.47 bits per heavy atom. The maximum Gasteiger partial charge on any atom is 0.321 e.